The van der Waals surface area contributed by atoms with Crippen LogP contribution in [0.25, 0.3) is 0 Å². The number of fused-ring (bicyclic) bond motifs is 1. The molecule has 1 unspecified atom stereocenters. The van der Waals surface area contributed by atoms with E-state index in [9.17, 15) is 4.79 Å². The number of aryl methyl sites for hydroxylation is 1. The Labute approximate surface area is 180 Å². The molecule has 0 fully saturated rings. The molecule has 0 aliphatic carbocycles. The molecule has 0 spiro atoms. The zero-order valence-corrected chi connectivity index (χ0v) is 18.4. The van der Waals surface area contributed by atoms with Crippen molar-refractivity contribution < 1.29 is 4.79 Å². The van der Waals surface area contributed by atoms with Crippen LogP contribution < -0.4 is 10.6 Å². The van der Waals surface area contributed by atoms with Gasteiger partial charge in [-0.1, -0.05) is 55.5 Å². The number of aliphatic imine (C=N–C) groups is 1. The molecule has 2 aromatic carbocycles. The van der Waals surface area contributed by atoms with Crippen molar-refractivity contribution in [3.63, 3.8) is 0 Å². The lowest BCUT2D eigenvalue weighted by Crippen LogP contribution is -2.38. The van der Waals surface area contributed by atoms with E-state index in [0.717, 1.165) is 38.4 Å². The molecule has 30 heavy (non-hydrogen) atoms. The average Bonchev–Trinajstić information content (AvgIpc) is 3.21. The molecule has 1 heterocycles. The minimum atomic E-state index is 0.165. The van der Waals surface area contributed by atoms with E-state index in [4.69, 9.17) is 0 Å². The SMILES string of the molecule is CCNC(=NCCCC(=O)N1Cc2ccccc2C1)NC(C)c1ccc(CC)cc1. The van der Waals surface area contributed by atoms with E-state index in [1.165, 1.54) is 22.3 Å². The fourth-order valence-corrected chi connectivity index (χ4v) is 3.74. The number of rotatable bonds is 8. The molecule has 1 aliphatic heterocycles. The molecule has 3 rings (SSSR count). The van der Waals surface area contributed by atoms with Crippen LogP contribution in [0.15, 0.2) is 53.5 Å². The second-order valence-electron chi connectivity index (χ2n) is 7.84. The summed E-state index contributed by atoms with van der Waals surface area (Å²) < 4.78 is 0. The third kappa shape index (κ3) is 5.85. The first-order chi connectivity index (χ1) is 14.6. The Bertz CT molecular complexity index is 835. The Kier molecular flexibility index (Phi) is 7.89. The molecule has 1 atom stereocenters. The molecule has 0 radical (unpaired) electrons. The summed E-state index contributed by atoms with van der Waals surface area (Å²) in [6.07, 6.45) is 2.33. The monoisotopic (exact) mass is 406 g/mol. The molecule has 0 saturated heterocycles. The van der Waals surface area contributed by atoms with Gasteiger partial charge >= 0.3 is 0 Å². The van der Waals surface area contributed by atoms with E-state index in [1.807, 2.05) is 17.0 Å². The molecule has 5 heteroatoms. The Morgan fingerprint density at radius 1 is 1.07 bits per heavy atom. The van der Waals surface area contributed by atoms with Gasteiger partial charge in [0.2, 0.25) is 5.91 Å². The predicted molar refractivity (Wildman–Crippen MR) is 123 cm³/mol. The summed E-state index contributed by atoms with van der Waals surface area (Å²) in [5.41, 5.74) is 5.12. The van der Waals surface area contributed by atoms with E-state index >= 15 is 0 Å². The normalized spacial score (nSPS) is 14.4. The largest absolute Gasteiger partial charge is 0.357 e. The highest BCUT2D eigenvalue weighted by molar-refractivity contribution is 5.80. The molecule has 0 bridgehead atoms. The van der Waals surface area contributed by atoms with Gasteiger partial charge in [-0.25, -0.2) is 0 Å². The van der Waals surface area contributed by atoms with Crippen LogP contribution in [0, 0.1) is 0 Å². The van der Waals surface area contributed by atoms with Gasteiger partial charge in [0.15, 0.2) is 5.96 Å². The molecule has 2 aromatic rings. The number of hydrogen-bond acceptors (Lipinski definition) is 2. The van der Waals surface area contributed by atoms with Crippen LogP contribution in [-0.4, -0.2) is 29.9 Å². The highest BCUT2D eigenvalue weighted by atomic mass is 16.2. The number of amides is 1. The van der Waals surface area contributed by atoms with Gasteiger partial charge in [-0.3, -0.25) is 9.79 Å². The molecular formula is C25H34N4O. The number of guanidine groups is 1. The lowest BCUT2D eigenvalue weighted by atomic mass is 10.1. The van der Waals surface area contributed by atoms with E-state index < -0.39 is 0 Å². The summed E-state index contributed by atoms with van der Waals surface area (Å²) >= 11 is 0. The Balaban J connectivity index is 1.46. The Morgan fingerprint density at radius 2 is 1.73 bits per heavy atom. The number of hydrogen-bond donors (Lipinski definition) is 2. The molecule has 1 aliphatic rings. The number of carbonyl (C=O) groups is 1. The van der Waals surface area contributed by atoms with Crippen molar-refractivity contribution in [3.05, 3.63) is 70.8 Å². The van der Waals surface area contributed by atoms with E-state index in [2.05, 4.69) is 72.8 Å². The van der Waals surface area contributed by atoms with Gasteiger partial charge in [0.05, 0.1) is 6.04 Å². The van der Waals surface area contributed by atoms with Crippen molar-refractivity contribution in [1.29, 1.82) is 0 Å². The van der Waals surface area contributed by atoms with Gasteiger partial charge in [-0.15, -0.1) is 0 Å². The zero-order valence-electron chi connectivity index (χ0n) is 18.4. The first-order valence-electron chi connectivity index (χ1n) is 11.1. The van der Waals surface area contributed by atoms with E-state index in [0.29, 0.717) is 13.0 Å². The number of benzene rings is 2. The number of nitrogens with one attached hydrogen (secondary N) is 2. The van der Waals surface area contributed by atoms with Crippen LogP contribution in [0.2, 0.25) is 0 Å². The van der Waals surface area contributed by atoms with Gasteiger partial charge in [0.25, 0.3) is 0 Å². The fraction of sp³-hybridized carbons (Fsp3) is 0.440. The van der Waals surface area contributed by atoms with Crippen LogP contribution >= 0.6 is 0 Å². The van der Waals surface area contributed by atoms with Crippen molar-refractivity contribution in [1.82, 2.24) is 15.5 Å². The first kappa shape index (κ1) is 21.9. The van der Waals surface area contributed by atoms with Crippen LogP contribution in [-0.2, 0) is 24.3 Å². The second kappa shape index (κ2) is 10.8. The second-order valence-corrected chi connectivity index (χ2v) is 7.84. The Morgan fingerprint density at radius 3 is 2.33 bits per heavy atom. The van der Waals surface area contributed by atoms with Crippen molar-refractivity contribution in [2.24, 2.45) is 4.99 Å². The van der Waals surface area contributed by atoms with Crippen LogP contribution in [0.3, 0.4) is 0 Å². The summed E-state index contributed by atoms with van der Waals surface area (Å²) in [5, 5.41) is 6.77. The molecule has 0 saturated carbocycles. The zero-order chi connectivity index (χ0) is 21.3. The molecule has 0 aromatic heterocycles. The summed E-state index contributed by atoms with van der Waals surface area (Å²) in [6.45, 7) is 9.27. The van der Waals surface area contributed by atoms with Gasteiger partial charge in [-0.05, 0) is 48.9 Å². The van der Waals surface area contributed by atoms with Crippen LogP contribution in [0.4, 0.5) is 0 Å². The topological polar surface area (TPSA) is 56.7 Å². The molecule has 2 N–H and O–H groups in total. The van der Waals surface area contributed by atoms with E-state index in [1.54, 1.807) is 0 Å². The number of nitrogens with zero attached hydrogens (tertiary/aromatic N) is 2. The van der Waals surface area contributed by atoms with Gasteiger partial charge in [0.1, 0.15) is 0 Å². The van der Waals surface area contributed by atoms with Crippen molar-refractivity contribution >= 4 is 11.9 Å². The quantitative estimate of drug-likeness (QED) is 0.393. The van der Waals surface area contributed by atoms with Gasteiger partial charge in [0, 0.05) is 32.6 Å². The molecule has 160 valence electrons. The predicted octanol–water partition coefficient (Wildman–Crippen LogP) is 4.19. The summed E-state index contributed by atoms with van der Waals surface area (Å²) in [5.74, 6) is 1.01. The summed E-state index contributed by atoms with van der Waals surface area (Å²) in [4.78, 5) is 19.2. The third-order valence-electron chi connectivity index (χ3n) is 5.60. The lowest BCUT2D eigenvalue weighted by molar-refractivity contribution is -0.131. The highest BCUT2D eigenvalue weighted by Crippen LogP contribution is 2.23. The Hall–Kier alpha value is -2.82. The standard InChI is InChI=1S/C25H34N4O/c1-4-20-12-14-21(15-13-20)19(3)28-25(26-5-2)27-16-8-11-24(30)29-17-22-9-6-7-10-23(22)18-29/h6-7,9-10,12-15,19H,4-5,8,11,16-18H2,1-3H3,(H2,26,27,28). The smallest absolute Gasteiger partial charge is 0.223 e. The summed E-state index contributed by atoms with van der Waals surface area (Å²) in [7, 11) is 0. The minimum absolute atomic E-state index is 0.165. The fourth-order valence-electron chi connectivity index (χ4n) is 3.74. The van der Waals surface area contributed by atoms with Crippen molar-refractivity contribution in [2.45, 2.75) is 59.2 Å². The van der Waals surface area contributed by atoms with E-state index in [-0.39, 0.29) is 11.9 Å². The van der Waals surface area contributed by atoms with Crippen LogP contribution in [0.5, 0.6) is 0 Å². The van der Waals surface area contributed by atoms with Crippen molar-refractivity contribution in [3.8, 4) is 0 Å². The third-order valence-corrected chi connectivity index (χ3v) is 5.60. The average molecular weight is 407 g/mol. The minimum Gasteiger partial charge on any atom is -0.357 e. The highest BCUT2D eigenvalue weighted by Gasteiger charge is 2.22. The maximum absolute atomic E-state index is 12.5. The maximum Gasteiger partial charge on any atom is 0.223 e. The maximum atomic E-state index is 12.5. The van der Waals surface area contributed by atoms with Gasteiger partial charge < -0.3 is 15.5 Å². The molecule has 1 amide bonds. The number of carbonyl (C=O) groups excluding carboxylic acids is 1. The molecule has 5 nitrogen and oxygen atoms in total. The lowest BCUT2D eigenvalue weighted by Gasteiger charge is -2.19. The van der Waals surface area contributed by atoms with Crippen LogP contribution in [0.1, 0.15) is 61.9 Å². The molecular weight excluding hydrogens is 372 g/mol. The first-order valence-corrected chi connectivity index (χ1v) is 11.1. The van der Waals surface area contributed by atoms with Crippen molar-refractivity contribution in [2.75, 3.05) is 13.1 Å². The summed E-state index contributed by atoms with van der Waals surface area (Å²) in [6, 6.07) is 17.2. The van der Waals surface area contributed by atoms with Gasteiger partial charge in [-0.2, -0.15) is 0 Å².